The minimum Gasteiger partial charge on any atom is -0.497 e. The van der Waals surface area contributed by atoms with Gasteiger partial charge in [0.15, 0.2) is 10.9 Å². The van der Waals surface area contributed by atoms with Gasteiger partial charge in [0.05, 0.1) is 7.11 Å². The van der Waals surface area contributed by atoms with Crippen LogP contribution in [0.5, 0.6) is 11.5 Å². The van der Waals surface area contributed by atoms with Crippen molar-refractivity contribution < 1.29 is 18.7 Å². The van der Waals surface area contributed by atoms with E-state index in [9.17, 15) is 4.79 Å². The van der Waals surface area contributed by atoms with Gasteiger partial charge in [0.1, 0.15) is 23.7 Å². The van der Waals surface area contributed by atoms with E-state index in [0.717, 1.165) is 22.4 Å². The minimum absolute atomic E-state index is 0.183. The zero-order valence-corrected chi connectivity index (χ0v) is 20.2. The molecule has 0 atom stereocenters. The fraction of sp³-hybridized carbons (Fsp3) is 0.143. The van der Waals surface area contributed by atoms with Gasteiger partial charge < -0.3 is 13.9 Å². The number of carbonyl (C=O) groups excluding carboxylic acids is 1. The number of amides is 1. The molecule has 1 N–H and O–H groups in total. The van der Waals surface area contributed by atoms with Crippen molar-refractivity contribution in [3.8, 4) is 11.5 Å². The maximum atomic E-state index is 13.2. The summed E-state index contributed by atoms with van der Waals surface area (Å²) in [6, 6.07) is 23.3. The van der Waals surface area contributed by atoms with Gasteiger partial charge in [0.25, 0.3) is 5.91 Å². The number of nitrogens with one attached hydrogen (secondary N) is 1. The Kier molecular flexibility index (Phi) is 6.50. The summed E-state index contributed by atoms with van der Waals surface area (Å²) >= 11 is 1.45. The van der Waals surface area contributed by atoms with Crippen LogP contribution in [0.4, 0.5) is 5.13 Å². The van der Waals surface area contributed by atoms with Gasteiger partial charge in [-0.15, -0.1) is 11.3 Å². The first kappa shape index (κ1) is 22.7. The highest BCUT2D eigenvalue weighted by atomic mass is 32.1. The number of aromatic nitrogens is 1. The molecule has 0 aliphatic heterocycles. The molecule has 0 spiro atoms. The van der Waals surface area contributed by atoms with Gasteiger partial charge in [0, 0.05) is 28.4 Å². The standard InChI is InChI=1S/C28H24N2O4S/c1-18-7-9-19(10-8-18)15-22-16-29-28(35-22)30-27(31)26-24(23-5-3-4-6-25(23)34-26)17-33-21-13-11-20(32-2)12-14-21/h3-14,16H,15,17H2,1-2H3,(H,29,30,31). The monoisotopic (exact) mass is 484 g/mol. The summed E-state index contributed by atoms with van der Waals surface area (Å²) in [7, 11) is 1.62. The Morgan fingerprint density at radius 2 is 1.74 bits per heavy atom. The second kappa shape index (κ2) is 10.0. The lowest BCUT2D eigenvalue weighted by atomic mass is 10.1. The predicted molar refractivity (Wildman–Crippen MR) is 138 cm³/mol. The first-order valence-electron chi connectivity index (χ1n) is 11.2. The van der Waals surface area contributed by atoms with E-state index in [-0.39, 0.29) is 18.3 Å². The fourth-order valence-corrected chi connectivity index (χ4v) is 4.60. The quantitative estimate of drug-likeness (QED) is 0.268. The molecule has 5 aromatic rings. The van der Waals surface area contributed by atoms with Crippen molar-refractivity contribution >= 4 is 33.3 Å². The van der Waals surface area contributed by atoms with Crippen LogP contribution in [0.2, 0.25) is 0 Å². The molecule has 0 saturated heterocycles. The third kappa shape index (κ3) is 5.20. The summed E-state index contributed by atoms with van der Waals surface area (Å²) in [6.45, 7) is 2.25. The van der Waals surface area contributed by atoms with E-state index >= 15 is 0 Å². The topological polar surface area (TPSA) is 73.6 Å². The molecule has 0 saturated carbocycles. The van der Waals surface area contributed by atoms with Crippen LogP contribution in [-0.4, -0.2) is 18.0 Å². The molecular formula is C28H24N2O4S. The largest absolute Gasteiger partial charge is 0.497 e. The van der Waals surface area contributed by atoms with Crippen LogP contribution in [0.3, 0.4) is 0 Å². The van der Waals surface area contributed by atoms with E-state index in [4.69, 9.17) is 13.9 Å². The molecule has 0 aliphatic rings. The van der Waals surface area contributed by atoms with E-state index in [1.54, 1.807) is 13.3 Å². The SMILES string of the molecule is COc1ccc(OCc2c(C(=O)Nc3ncc(Cc4ccc(C)cc4)s3)oc3ccccc23)cc1. The summed E-state index contributed by atoms with van der Waals surface area (Å²) in [5.41, 5.74) is 3.74. The number of benzene rings is 3. The number of thiazole rings is 1. The average Bonchev–Trinajstić information content (AvgIpc) is 3.48. The lowest BCUT2D eigenvalue weighted by Gasteiger charge is -2.08. The Morgan fingerprint density at radius 3 is 2.51 bits per heavy atom. The van der Waals surface area contributed by atoms with Gasteiger partial charge >= 0.3 is 0 Å². The maximum absolute atomic E-state index is 13.2. The van der Waals surface area contributed by atoms with Gasteiger partial charge in [-0.05, 0) is 42.8 Å². The molecule has 0 unspecified atom stereocenters. The van der Waals surface area contributed by atoms with Crippen molar-refractivity contribution in [1.82, 2.24) is 4.98 Å². The van der Waals surface area contributed by atoms with Crippen molar-refractivity contribution in [1.29, 1.82) is 0 Å². The molecule has 0 bridgehead atoms. The molecule has 176 valence electrons. The van der Waals surface area contributed by atoms with Crippen LogP contribution in [0.25, 0.3) is 11.0 Å². The Bertz CT molecular complexity index is 1450. The fourth-order valence-electron chi connectivity index (χ4n) is 3.76. The van der Waals surface area contributed by atoms with E-state index in [0.29, 0.717) is 22.0 Å². The molecule has 35 heavy (non-hydrogen) atoms. The first-order valence-corrected chi connectivity index (χ1v) is 12.0. The van der Waals surface area contributed by atoms with Gasteiger partial charge in [0.2, 0.25) is 0 Å². The molecule has 0 radical (unpaired) electrons. The molecule has 6 nitrogen and oxygen atoms in total. The number of para-hydroxylation sites is 1. The van der Waals surface area contributed by atoms with E-state index in [1.807, 2.05) is 48.5 Å². The molecule has 3 aromatic carbocycles. The second-order valence-electron chi connectivity index (χ2n) is 8.12. The normalized spacial score (nSPS) is 10.9. The molecule has 1 amide bonds. The van der Waals surface area contributed by atoms with E-state index in [2.05, 4.69) is 41.5 Å². The zero-order chi connectivity index (χ0) is 24.2. The molecule has 7 heteroatoms. The Hall–Kier alpha value is -4.10. The Morgan fingerprint density at radius 1 is 1.00 bits per heavy atom. The van der Waals surface area contributed by atoms with Gasteiger partial charge in [-0.25, -0.2) is 4.98 Å². The molecule has 5 rings (SSSR count). The molecule has 2 heterocycles. The number of hydrogen-bond acceptors (Lipinski definition) is 6. The number of methoxy groups -OCH3 is 1. The molecule has 0 fully saturated rings. The third-order valence-corrected chi connectivity index (χ3v) is 6.53. The number of furan rings is 1. The lowest BCUT2D eigenvalue weighted by molar-refractivity contribution is 0.0995. The van der Waals surface area contributed by atoms with Crippen molar-refractivity contribution in [2.45, 2.75) is 20.0 Å². The van der Waals surface area contributed by atoms with Gasteiger partial charge in [-0.2, -0.15) is 0 Å². The summed E-state index contributed by atoms with van der Waals surface area (Å²) in [5.74, 6) is 1.28. The summed E-state index contributed by atoms with van der Waals surface area (Å²) in [6.07, 6.45) is 2.56. The highest BCUT2D eigenvalue weighted by Gasteiger charge is 2.22. The van der Waals surface area contributed by atoms with E-state index in [1.165, 1.54) is 22.5 Å². The number of fused-ring (bicyclic) bond motifs is 1. The van der Waals surface area contributed by atoms with Crippen LogP contribution in [0, 0.1) is 6.92 Å². The highest BCUT2D eigenvalue weighted by Crippen LogP contribution is 2.29. The predicted octanol–water partition coefficient (Wildman–Crippen LogP) is 6.63. The Balaban J connectivity index is 1.33. The first-order chi connectivity index (χ1) is 17.1. The van der Waals surface area contributed by atoms with Gasteiger partial charge in [-0.3, -0.25) is 10.1 Å². The number of anilines is 1. The molecule has 0 aliphatic carbocycles. The number of hydrogen-bond donors (Lipinski definition) is 1. The number of rotatable bonds is 8. The number of ether oxygens (including phenoxy) is 2. The number of nitrogens with zero attached hydrogens (tertiary/aromatic N) is 1. The second-order valence-corrected chi connectivity index (χ2v) is 9.23. The van der Waals surface area contributed by atoms with Gasteiger partial charge in [-0.1, -0.05) is 48.0 Å². The highest BCUT2D eigenvalue weighted by molar-refractivity contribution is 7.15. The number of aryl methyl sites for hydroxylation is 1. The molecule has 2 aromatic heterocycles. The average molecular weight is 485 g/mol. The summed E-state index contributed by atoms with van der Waals surface area (Å²) in [5, 5.41) is 4.26. The maximum Gasteiger partial charge on any atom is 0.293 e. The number of carbonyl (C=O) groups is 1. The van der Waals surface area contributed by atoms with Crippen molar-refractivity contribution in [3.05, 3.63) is 106 Å². The van der Waals surface area contributed by atoms with Crippen LogP contribution < -0.4 is 14.8 Å². The van der Waals surface area contributed by atoms with Crippen molar-refractivity contribution in [2.75, 3.05) is 12.4 Å². The summed E-state index contributed by atoms with van der Waals surface area (Å²) in [4.78, 5) is 18.7. The van der Waals surface area contributed by atoms with Crippen molar-refractivity contribution in [3.63, 3.8) is 0 Å². The van der Waals surface area contributed by atoms with Crippen LogP contribution in [-0.2, 0) is 13.0 Å². The Labute approximate surface area is 207 Å². The lowest BCUT2D eigenvalue weighted by Crippen LogP contribution is -2.13. The van der Waals surface area contributed by atoms with Crippen molar-refractivity contribution in [2.24, 2.45) is 0 Å². The van der Waals surface area contributed by atoms with Crippen LogP contribution >= 0.6 is 11.3 Å². The minimum atomic E-state index is -0.356. The van der Waals surface area contributed by atoms with Crippen LogP contribution in [0.15, 0.2) is 83.4 Å². The zero-order valence-electron chi connectivity index (χ0n) is 19.4. The van der Waals surface area contributed by atoms with Crippen LogP contribution in [0.1, 0.15) is 32.1 Å². The smallest absolute Gasteiger partial charge is 0.293 e. The van der Waals surface area contributed by atoms with E-state index < -0.39 is 0 Å². The third-order valence-electron chi connectivity index (χ3n) is 5.62. The molecular weight excluding hydrogens is 460 g/mol. The summed E-state index contributed by atoms with van der Waals surface area (Å²) < 4.78 is 17.1.